The lowest BCUT2D eigenvalue weighted by atomic mass is 9.82. The quantitative estimate of drug-likeness (QED) is 0.394. The molecule has 218 valence electrons. The predicted molar refractivity (Wildman–Crippen MR) is 132 cm³/mol. The molecule has 2 aromatic heterocycles. The number of aryl methyl sites for hydroxylation is 1. The third kappa shape index (κ3) is 6.69. The maximum atomic E-state index is 13.8. The van der Waals surface area contributed by atoms with Crippen molar-refractivity contribution in [3.8, 4) is 0 Å². The Balaban J connectivity index is 1.53. The average Bonchev–Trinajstić information content (AvgIpc) is 3.52. The van der Waals surface area contributed by atoms with Crippen LogP contribution in [0.3, 0.4) is 0 Å². The number of carbonyl (C=O) groups excluding carboxylic acids is 3. The highest BCUT2D eigenvalue weighted by molar-refractivity contribution is 6.01. The van der Waals surface area contributed by atoms with E-state index in [-0.39, 0.29) is 36.7 Å². The lowest BCUT2D eigenvalue weighted by molar-refractivity contribution is -0.150. The molecule has 2 fully saturated rings. The second-order valence-corrected chi connectivity index (χ2v) is 9.91. The zero-order valence-corrected chi connectivity index (χ0v) is 21.8. The van der Waals surface area contributed by atoms with E-state index in [2.05, 4.69) is 20.8 Å². The zero-order chi connectivity index (χ0) is 29.0. The van der Waals surface area contributed by atoms with Gasteiger partial charge in [-0.3, -0.25) is 9.59 Å². The first-order valence-electron chi connectivity index (χ1n) is 12.7. The molecule has 3 atom stereocenters. The SMILES string of the molecule is COC[C@H](c1ccnc(NC(=O)C(NC(=O)c2conc2C)C2CCC(F)CC2)c1)N1C[C@@H](C(F)(F)F)NC1=O. The third-order valence-electron chi connectivity index (χ3n) is 7.19. The largest absolute Gasteiger partial charge is 0.410 e. The number of methoxy groups -OCH3 is 1. The number of nitrogens with zero attached hydrogens (tertiary/aromatic N) is 3. The molecule has 4 rings (SSSR count). The summed E-state index contributed by atoms with van der Waals surface area (Å²) in [5.74, 6) is -1.49. The van der Waals surface area contributed by atoms with E-state index >= 15 is 0 Å². The van der Waals surface area contributed by atoms with E-state index in [1.165, 1.54) is 25.4 Å². The maximum absolute atomic E-state index is 13.8. The molecule has 11 nitrogen and oxygen atoms in total. The normalized spacial score (nSPS) is 22.9. The zero-order valence-electron chi connectivity index (χ0n) is 21.8. The van der Waals surface area contributed by atoms with Crippen molar-refractivity contribution in [1.29, 1.82) is 0 Å². The van der Waals surface area contributed by atoms with Gasteiger partial charge < -0.3 is 30.1 Å². The van der Waals surface area contributed by atoms with Crippen LogP contribution in [0.15, 0.2) is 29.1 Å². The molecule has 1 saturated carbocycles. The molecule has 1 aliphatic heterocycles. The molecule has 1 aliphatic carbocycles. The molecule has 2 aliphatic rings. The minimum Gasteiger partial charge on any atom is -0.382 e. The molecule has 4 amide bonds. The van der Waals surface area contributed by atoms with Gasteiger partial charge in [0.05, 0.1) is 24.9 Å². The number of hydrogen-bond acceptors (Lipinski definition) is 7. The van der Waals surface area contributed by atoms with Crippen LogP contribution in [0.25, 0.3) is 0 Å². The van der Waals surface area contributed by atoms with E-state index < -0.39 is 54.9 Å². The first-order valence-corrected chi connectivity index (χ1v) is 12.7. The Hall–Kier alpha value is -3.75. The minimum atomic E-state index is -4.62. The topological polar surface area (TPSA) is 139 Å². The summed E-state index contributed by atoms with van der Waals surface area (Å²) >= 11 is 0. The maximum Gasteiger partial charge on any atom is 0.410 e. The number of halogens is 4. The lowest BCUT2D eigenvalue weighted by Crippen LogP contribution is -2.49. The molecular formula is C25H30F4N6O5. The number of anilines is 1. The Labute approximate surface area is 227 Å². The second-order valence-electron chi connectivity index (χ2n) is 9.91. The number of aromatic nitrogens is 2. The number of ether oxygens (including phenoxy) is 1. The van der Waals surface area contributed by atoms with Gasteiger partial charge in [-0.25, -0.2) is 14.2 Å². The number of rotatable bonds is 9. The van der Waals surface area contributed by atoms with Crippen LogP contribution in [-0.2, 0) is 9.53 Å². The molecule has 0 aromatic carbocycles. The number of pyridine rings is 1. The Kier molecular flexibility index (Phi) is 8.91. The summed E-state index contributed by atoms with van der Waals surface area (Å²) in [5.41, 5.74) is 0.866. The van der Waals surface area contributed by atoms with E-state index in [1.54, 1.807) is 6.92 Å². The molecule has 1 saturated heterocycles. The average molecular weight is 571 g/mol. The lowest BCUT2D eigenvalue weighted by Gasteiger charge is -2.31. The predicted octanol–water partition coefficient (Wildman–Crippen LogP) is 3.29. The summed E-state index contributed by atoms with van der Waals surface area (Å²) in [4.78, 5) is 43.8. The third-order valence-corrected chi connectivity index (χ3v) is 7.19. The van der Waals surface area contributed by atoms with Gasteiger partial charge in [0.15, 0.2) is 0 Å². The molecule has 0 radical (unpaired) electrons. The van der Waals surface area contributed by atoms with Gasteiger partial charge >= 0.3 is 12.2 Å². The summed E-state index contributed by atoms with van der Waals surface area (Å²) in [6, 6.07) is -1.93. The number of carbonyl (C=O) groups is 3. The standard InChI is InChI=1S/C25H30F4N6O5/c1-13-17(11-40-34-13)22(36)33-21(14-3-5-16(26)6-4-14)23(37)32-20-9-15(7-8-30-20)18(12-39-2)35-10-19(25(27,28)29)31-24(35)38/h7-9,11,14,16,18-19,21H,3-6,10,12H2,1-2H3,(H,31,38)(H,33,36)(H,30,32,37)/t14?,16?,18-,19+,21?/m1/s1. The van der Waals surface area contributed by atoms with Gasteiger partial charge in [0.2, 0.25) is 5.91 Å². The fourth-order valence-electron chi connectivity index (χ4n) is 5.00. The number of alkyl halides is 4. The van der Waals surface area contributed by atoms with Crippen LogP contribution in [0.4, 0.5) is 28.2 Å². The molecule has 15 heteroatoms. The Morgan fingerprint density at radius 1 is 1.27 bits per heavy atom. The van der Waals surface area contributed by atoms with Crippen LogP contribution >= 0.6 is 0 Å². The summed E-state index contributed by atoms with van der Waals surface area (Å²) in [6.45, 7) is 0.845. The van der Waals surface area contributed by atoms with Crippen LogP contribution in [0.2, 0.25) is 0 Å². The van der Waals surface area contributed by atoms with E-state index in [9.17, 15) is 31.9 Å². The van der Waals surface area contributed by atoms with Gasteiger partial charge in [-0.1, -0.05) is 5.16 Å². The first-order chi connectivity index (χ1) is 19.0. The van der Waals surface area contributed by atoms with Crippen molar-refractivity contribution in [3.63, 3.8) is 0 Å². The first kappa shape index (κ1) is 29.2. The van der Waals surface area contributed by atoms with Crippen LogP contribution in [0.5, 0.6) is 0 Å². The molecule has 3 N–H and O–H groups in total. The summed E-state index contributed by atoms with van der Waals surface area (Å²) < 4.78 is 63.5. The summed E-state index contributed by atoms with van der Waals surface area (Å²) in [6.07, 6.45) is -1.86. The highest BCUT2D eigenvalue weighted by atomic mass is 19.4. The van der Waals surface area contributed by atoms with Gasteiger partial charge in [-0.2, -0.15) is 13.2 Å². The summed E-state index contributed by atoms with van der Waals surface area (Å²) in [5, 5.41) is 11.0. The smallest absolute Gasteiger partial charge is 0.382 e. The van der Waals surface area contributed by atoms with Crippen molar-refractivity contribution in [1.82, 2.24) is 25.7 Å². The van der Waals surface area contributed by atoms with Crippen LogP contribution < -0.4 is 16.0 Å². The fraction of sp³-hybridized carbons (Fsp3) is 0.560. The van der Waals surface area contributed by atoms with Crippen molar-refractivity contribution >= 4 is 23.7 Å². The molecule has 40 heavy (non-hydrogen) atoms. The van der Waals surface area contributed by atoms with Crippen molar-refractivity contribution < 1.29 is 41.2 Å². The molecule has 3 heterocycles. The molecule has 2 aromatic rings. The van der Waals surface area contributed by atoms with E-state index in [4.69, 9.17) is 9.26 Å². The van der Waals surface area contributed by atoms with Crippen LogP contribution in [0, 0.1) is 12.8 Å². The van der Waals surface area contributed by atoms with Crippen molar-refractivity contribution in [2.45, 2.75) is 63.1 Å². The molecule has 0 bridgehead atoms. The van der Waals surface area contributed by atoms with Gasteiger partial charge in [-0.05, 0) is 56.2 Å². The van der Waals surface area contributed by atoms with Crippen molar-refractivity contribution in [2.75, 3.05) is 25.6 Å². The van der Waals surface area contributed by atoms with Gasteiger partial charge in [-0.15, -0.1) is 0 Å². The highest BCUT2D eigenvalue weighted by Crippen LogP contribution is 2.32. The van der Waals surface area contributed by atoms with Crippen LogP contribution in [0.1, 0.15) is 53.3 Å². The van der Waals surface area contributed by atoms with Crippen molar-refractivity contribution in [2.24, 2.45) is 5.92 Å². The monoisotopic (exact) mass is 570 g/mol. The minimum absolute atomic E-state index is 0.0511. The Bertz CT molecular complexity index is 1220. The van der Waals surface area contributed by atoms with E-state index in [0.29, 0.717) is 24.1 Å². The van der Waals surface area contributed by atoms with Gasteiger partial charge in [0.25, 0.3) is 5.91 Å². The van der Waals surface area contributed by atoms with Gasteiger partial charge in [0, 0.05) is 13.3 Å². The highest BCUT2D eigenvalue weighted by Gasteiger charge is 2.48. The fourth-order valence-corrected chi connectivity index (χ4v) is 5.00. The number of nitrogens with one attached hydrogen (secondary N) is 3. The van der Waals surface area contributed by atoms with E-state index in [0.717, 1.165) is 11.2 Å². The molecule has 1 unspecified atom stereocenters. The second kappa shape index (κ2) is 12.2. The van der Waals surface area contributed by atoms with Crippen molar-refractivity contribution in [3.05, 3.63) is 41.4 Å². The number of hydrogen-bond donors (Lipinski definition) is 3. The Morgan fingerprint density at radius 2 is 2.00 bits per heavy atom. The molecule has 0 spiro atoms. The molecular weight excluding hydrogens is 540 g/mol. The number of amides is 4. The van der Waals surface area contributed by atoms with Gasteiger partial charge in [0.1, 0.15) is 35.9 Å². The Morgan fingerprint density at radius 3 is 2.60 bits per heavy atom. The van der Waals surface area contributed by atoms with E-state index in [1.807, 2.05) is 5.32 Å². The van der Waals surface area contributed by atoms with Crippen LogP contribution in [-0.4, -0.2) is 77.6 Å². The number of urea groups is 1. The summed E-state index contributed by atoms with van der Waals surface area (Å²) in [7, 11) is 1.35.